The van der Waals surface area contributed by atoms with Crippen molar-refractivity contribution in [3.63, 3.8) is 0 Å². The number of aryl methyl sites for hydroxylation is 1. The molecule has 1 atom stereocenters. The summed E-state index contributed by atoms with van der Waals surface area (Å²) in [6.45, 7) is 1.90. The van der Waals surface area contributed by atoms with Gasteiger partial charge in [-0.3, -0.25) is 4.79 Å². The van der Waals surface area contributed by atoms with Gasteiger partial charge in [0.15, 0.2) is 9.84 Å². The molecular weight excluding hydrogens is 252 g/mol. The average molecular weight is 268 g/mol. The van der Waals surface area contributed by atoms with Crippen LogP contribution in [0.2, 0.25) is 0 Å². The zero-order valence-corrected chi connectivity index (χ0v) is 11.0. The lowest BCUT2D eigenvalue weighted by atomic mass is 10.1. The zero-order chi connectivity index (χ0) is 13.3. The fourth-order valence-electron chi connectivity index (χ4n) is 2.01. The van der Waals surface area contributed by atoms with Gasteiger partial charge >= 0.3 is 0 Å². The summed E-state index contributed by atoms with van der Waals surface area (Å²) in [6.07, 6.45) is 0.389. The molecule has 0 radical (unpaired) electrons. The van der Waals surface area contributed by atoms with Gasteiger partial charge in [-0.2, -0.15) is 0 Å². The van der Waals surface area contributed by atoms with Crippen molar-refractivity contribution in [3.8, 4) is 0 Å². The summed E-state index contributed by atoms with van der Waals surface area (Å²) in [5, 5.41) is 2.70. The number of nitrogen functional groups attached to an aromatic ring is 1. The van der Waals surface area contributed by atoms with Gasteiger partial charge in [0.1, 0.15) is 0 Å². The summed E-state index contributed by atoms with van der Waals surface area (Å²) in [5.41, 5.74) is 7.77. The molecule has 0 bridgehead atoms. The van der Waals surface area contributed by atoms with E-state index in [9.17, 15) is 13.2 Å². The highest BCUT2D eigenvalue weighted by Gasteiger charge is 2.33. The van der Waals surface area contributed by atoms with E-state index in [1.807, 2.05) is 13.0 Å². The largest absolute Gasteiger partial charge is 0.397 e. The molecule has 1 aliphatic rings. The Bertz CT molecular complexity index is 581. The van der Waals surface area contributed by atoms with Gasteiger partial charge in [0, 0.05) is 0 Å². The Morgan fingerprint density at radius 2 is 2.17 bits per heavy atom. The van der Waals surface area contributed by atoms with E-state index >= 15 is 0 Å². The highest BCUT2D eigenvalue weighted by atomic mass is 32.2. The minimum atomic E-state index is -3.04. The number of hydrogen-bond donors (Lipinski definition) is 2. The minimum Gasteiger partial charge on any atom is -0.397 e. The minimum absolute atomic E-state index is 0.0649. The standard InChI is InChI=1S/C12H16N2O3S/c1-8-2-3-10(13)11(6-8)14-12(15)9-4-5-18(16,17)7-9/h2-3,6,9H,4-5,7,13H2,1H3,(H,14,15). The molecule has 1 aromatic rings. The number of carbonyl (C=O) groups is 1. The second-order valence-electron chi connectivity index (χ2n) is 4.68. The first-order valence-electron chi connectivity index (χ1n) is 5.75. The van der Waals surface area contributed by atoms with Gasteiger partial charge in [0.2, 0.25) is 5.91 Å². The molecule has 18 heavy (non-hydrogen) atoms. The zero-order valence-electron chi connectivity index (χ0n) is 10.1. The fourth-order valence-corrected chi connectivity index (χ4v) is 3.76. The van der Waals surface area contributed by atoms with E-state index in [0.717, 1.165) is 5.56 Å². The summed E-state index contributed by atoms with van der Waals surface area (Å²) in [4.78, 5) is 11.9. The van der Waals surface area contributed by atoms with E-state index in [4.69, 9.17) is 5.73 Å². The molecule has 1 unspecified atom stereocenters. The third kappa shape index (κ3) is 2.81. The van der Waals surface area contributed by atoms with Gasteiger partial charge in [-0.1, -0.05) is 6.07 Å². The summed E-state index contributed by atoms with van der Waals surface area (Å²) in [5.74, 6) is -0.706. The summed E-state index contributed by atoms with van der Waals surface area (Å²) >= 11 is 0. The SMILES string of the molecule is Cc1ccc(N)c(NC(=O)C2CCS(=O)(=O)C2)c1. The number of amides is 1. The lowest BCUT2D eigenvalue weighted by Crippen LogP contribution is -2.24. The van der Waals surface area contributed by atoms with Crippen LogP contribution >= 0.6 is 0 Å². The maximum absolute atomic E-state index is 11.9. The first-order chi connectivity index (χ1) is 8.37. The Kier molecular flexibility index (Phi) is 3.30. The summed E-state index contributed by atoms with van der Waals surface area (Å²) in [7, 11) is -3.04. The molecule has 0 aliphatic carbocycles. The molecule has 1 fully saturated rings. The van der Waals surface area contributed by atoms with E-state index < -0.39 is 15.8 Å². The van der Waals surface area contributed by atoms with Gasteiger partial charge in [0.25, 0.3) is 0 Å². The van der Waals surface area contributed by atoms with Crippen LogP contribution in [-0.2, 0) is 14.6 Å². The molecule has 1 amide bonds. The molecule has 1 heterocycles. The van der Waals surface area contributed by atoms with E-state index in [2.05, 4.69) is 5.32 Å². The lowest BCUT2D eigenvalue weighted by molar-refractivity contribution is -0.119. The number of nitrogens with one attached hydrogen (secondary N) is 1. The molecule has 0 aromatic heterocycles. The maximum atomic E-state index is 11.9. The van der Waals surface area contributed by atoms with Gasteiger partial charge in [-0.15, -0.1) is 0 Å². The van der Waals surface area contributed by atoms with Crippen LogP contribution in [0.5, 0.6) is 0 Å². The van der Waals surface area contributed by atoms with Crippen molar-refractivity contribution in [3.05, 3.63) is 23.8 Å². The fraction of sp³-hybridized carbons (Fsp3) is 0.417. The predicted molar refractivity (Wildman–Crippen MR) is 71.0 cm³/mol. The van der Waals surface area contributed by atoms with E-state index in [1.165, 1.54) is 0 Å². The quantitative estimate of drug-likeness (QED) is 0.781. The highest BCUT2D eigenvalue weighted by molar-refractivity contribution is 7.91. The number of carbonyl (C=O) groups excluding carboxylic acids is 1. The molecule has 1 saturated heterocycles. The van der Waals surface area contributed by atoms with Crippen LogP contribution < -0.4 is 11.1 Å². The Balaban J connectivity index is 2.10. The molecular formula is C12H16N2O3S. The first kappa shape index (κ1) is 12.9. The lowest BCUT2D eigenvalue weighted by Gasteiger charge is -2.12. The van der Waals surface area contributed by atoms with Crippen molar-refractivity contribution in [2.24, 2.45) is 5.92 Å². The predicted octanol–water partition coefficient (Wildman–Crippen LogP) is 0.950. The Morgan fingerprint density at radius 3 is 2.78 bits per heavy atom. The number of sulfone groups is 1. The second-order valence-corrected chi connectivity index (χ2v) is 6.91. The molecule has 0 saturated carbocycles. The van der Waals surface area contributed by atoms with Gasteiger partial charge in [-0.25, -0.2) is 8.42 Å². The van der Waals surface area contributed by atoms with Gasteiger partial charge in [0.05, 0.1) is 28.8 Å². The monoisotopic (exact) mass is 268 g/mol. The van der Waals surface area contributed by atoms with Crippen molar-refractivity contribution < 1.29 is 13.2 Å². The Hall–Kier alpha value is -1.56. The van der Waals surface area contributed by atoms with Crippen molar-refractivity contribution in [2.75, 3.05) is 22.6 Å². The Morgan fingerprint density at radius 1 is 1.44 bits per heavy atom. The van der Waals surface area contributed by atoms with Crippen LogP contribution in [-0.4, -0.2) is 25.8 Å². The number of hydrogen-bond acceptors (Lipinski definition) is 4. The van der Waals surface area contributed by atoms with Crippen LogP contribution in [0.3, 0.4) is 0 Å². The van der Waals surface area contributed by atoms with E-state index in [-0.39, 0.29) is 17.4 Å². The summed E-state index contributed by atoms with van der Waals surface area (Å²) in [6, 6.07) is 5.35. The molecule has 6 heteroatoms. The molecule has 3 N–H and O–H groups in total. The van der Waals surface area contributed by atoms with Crippen molar-refractivity contribution in [1.82, 2.24) is 0 Å². The molecule has 2 rings (SSSR count). The smallest absolute Gasteiger partial charge is 0.228 e. The molecule has 98 valence electrons. The highest BCUT2D eigenvalue weighted by Crippen LogP contribution is 2.23. The van der Waals surface area contributed by atoms with Crippen LogP contribution in [0.4, 0.5) is 11.4 Å². The number of benzene rings is 1. The second kappa shape index (κ2) is 4.61. The first-order valence-corrected chi connectivity index (χ1v) is 7.57. The van der Waals surface area contributed by atoms with Crippen LogP contribution in [0.15, 0.2) is 18.2 Å². The molecule has 5 nitrogen and oxygen atoms in total. The third-order valence-corrected chi connectivity index (χ3v) is 4.84. The van der Waals surface area contributed by atoms with E-state index in [1.54, 1.807) is 12.1 Å². The van der Waals surface area contributed by atoms with Crippen molar-refractivity contribution in [1.29, 1.82) is 0 Å². The van der Waals surface area contributed by atoms with Crippen LogP contribution in [0, 0.1) is 12.8 Å². The average Bonchev–Trinajstić information content (AvgIpc) is 2.64. The normalized spacial score (nSPS) is 21.7. The maximum Gasteiger partial charge on any atom is 0.228 e. The Labute approximate surface area is 106 Å². The topological polar surface area (TPSA) is 89.3 Å². The van der Waals surface area contributed by atoms with Gasteiger partial charge < -0.3 is 11.1 Å². The molecule has 1 aromatic carbocycles. The number of rotatable bonds is 2. The van der Waals surface area contributed by atoms with E-state index in [0.29, 0.717) is 17.8 Å². The summed E-state index contributed by atoms with van der Waals surface area (Å²) < 4.78 is 22.6. The number of nitrogens with two attached hydrogens (primary N) is 1. The van der Waals surface area contributed by atoms with Crippen LogP contribution in [0.1, 0.15) is 12.0 Å². The number of anilines is 2. The van der Waals surface area contributed by atoms with Gasteiger partial charge in [-0.05, 0) is 31.0 Å². The van der Waals surface area contributed by atoms with Crippen molar-refractivity contribution >= 4 is 27.1 Å². The third-order valence-electron chi connectivity index (χ3n) is 3.07. The molecule has 1 aliphatic heterocycles. The van der Waals surface area contributed by atoms with Crippen molar-refractivity contribution in [2.45, 2.75) is 13.3 Å². The molecule has 0 spiro atoms. The van der Waals surface area contributed by atoms with Crippen LogP contribution in [0.25, 0.3) is 0 Å².